The van der Waals surface area contributed by atoms with Gasteiger partial charge in [0.05, 0.1) is 0 Å². The predicted molar refractivity (Wildman–Crippen MR) is 73.9 cm³/mol. The minimum Gasteiger partial charge on any atom is -0.480 e. The van der Waals surface area contributed by atoms with Crippen molar-refractivity contribution in [1.29, 1.82) is 0 Å². The molecular formula is C16H21NO2. The van der Waals surface area contributed by atoms with Crippen LogP contribution in [0, 0.1) is 5.41 Å². The number of aliphatic carboxylic acids is 1. The zero-order chi connectivity index (χ0) is 13.5. The lowest BCUT2D eigenvalue weighted by atomic mass is 9.63. The lowest BCUT2D eigenvalue weighted by Crippen LogP contribution is -2.50. The molecular weight excluding hydrogens is 238 g/mol. The average Bonchev–Trinajstić information content (AvgIpc) is 3.10. The van der Waals surface area contributed by atoms with E-state index in [1.54, 1.807) is 0 Å². The normalized spacial score (nSPS) is 24.9. The molecule has 3 rings (SSSR count). The first-order chi connectivity index (χ1) is 9.12. The molecule has 1 atom stereocenters. The number of hydrogen-bond donors (Lipinski definition) is 2. The van der Waals surface area contributed by atoms with Crippen LogP contribution >= 0.6 is 0 Å². The third kappa shape index (κ3) is 1.71. The van der Waals surface area contributed by atoms with Crippen molar-refractivity contribution in [2.24, 2.45) is 11.1 Å². The van der Waals surface area contributed by atoms with Gasteiger partial charge in [-0.1, -0.05) is 43.2 Å². The summed E-state index contributed by atoms with van der Waals surface area (Å²) in [6, 6.07) is 9.70. The molecule has 1 aromatic carbocycles. The molecule has 1 unspecified atom stereocenters. The van der Waals surface area contributed by atoms with E-state index in [9.17, 15) is 9.90 Å². The summed E-state index contributed by atoms with van der Waals surface area (Å²) in [5.41, 5.74) is 7.13. The van der Waals surface area contributed by atoms with Gasteiger partial charge in [-0.05, 0) is 31.2 Å². The van der Waals surface area contributed by atoms with Gasteiger partial charge < -0.3 is 10.8 Å². The second-order valence-corrected chi connectivity index (χ2v) is 6.13. The molecule has 0 aliphatic heterocycles. The molecule has 19 heavy (non-hydrogen) atoms. The molecule has 0 bridgehead atoms. The number of carboxylic acid groups (broad SMARTS) is 1. The van der Waals surface area contributed by atoms with Crippen molar-refractivity contribution in [3.63, 3.8) is 0 Å². The summed E-state index contributed by atoms with van der Waals surface area (Å²) in [5, 5.41) is 9.35. The van der Waals surface area contributed by atoms with E-state index in [2.05, 4.69) is 24.3 Å². The Morgan fingerprint density at radius 1 is 1.11 bits per heavy atom. The molecule has 0 spiro atoms. The van der Waals surface area contributed by atoms with Gasteiger partial charge in [0.25, 0.3) is 0 Å². The Balaban J connectivity index is 2.05. The third-order valence-corrected chi connectivity index (χ3v) is 5.39. The van der Waals surface area contributed by atoms with Crippen LogP contribution in [-0.4, -0.2) is 17.1 Å². The summed E-state index contributed by atoms with van der Waals surface area (Å²) < 4.78 is 0. The van der Waals surface area contributed by atoms with Crippen LogP contribution < -0.4 is 5.73 Å². The minimum absolute atomic E-state index is 0.00787. The Hall–Kier alpha value is -1.35. The third-order valence-electron chi connectivity index (χ3n) is 5.39. The second-order valence-electron chi connectivity index (χ2n) is 6.13. The van der Waals surface area contributed by atoms with E-state index in [-0.39, 0.29) is 10.8 Å². The number of hydrogen-bond acceptors (Lipinski definition) is 2. The number of carbonyl (C=O) groups is 1. The van der Waals surface area contributed by atoms with Gasteiger partial charge in [-0.2, -0.15) is 0 Å². The van der Waals surface area contributed by atoms with Crippen LogP contribution in [0.3, 0.4) is 0 Å². The van der Waals surface area contributed by atoms with Crippen molar-refractivity contribution in [1.82, 2.24) is 0 Å². The second kappa shape index (κ2) is 4.34. The van der Waals surface area contributed by atoms with Gasteiger partial charge in [0.15, 0.2) is 0 Å². The molecule has 0 saturated heterocycles. The summed E-state index contributed by atoms with van der Waals surface area (Å²) in [6.07, 6.45) is 6.44. The standard InChI is InChI=1S/C16H21NO2/c17-13(14(18)19)16(10-11-16)15(8-4-5-9-15)12-6-2-1-3-7-12/h1-3,6-7,13H,4-5,8-11,17H2,(H,18,19). The van der Waals surface area contributed by atoms with Gasteiger partial charge in [-0.15, -0.1) is 0 Å². The maximum Gasteiger partial charge on any atom is 0.321 e. The highest BCUT2D eigenvalue weighted by Crippen LogP contribution is 2.66. The lowest BCUT2D eigenvalue weighted by molar-refractivity contribution is -0.141. The Morgan fingerprint density at radius 2 is 1.68 bits per heavy atom. The monoisotopic (exact) mass is 259 g/mol. The minimum atomic E-state index is -0.847. The van der Waals surface area contributed by atoms with E-state index in [1.807, 2.05) is 6.07 Å². The number of carboxylic acids is 1. The smallest absolute Gasteiger partial charge is 0.321 e. The van der Waals surface area contributed by atoms with Crippen molar-refractivity contribution in [2.45, 2.75) is 50.0 Å². The Kier molecular flexibility index (Phi) is 2.90. The fraction of sp³-hybridized carbons (Fsp3) is 0.562. The van der Waals surface area contributed by atoms with Crippen molar-refractivity contribution in [3.05, 3.63) is 35.9 Å². The van der Waals surface area contributed by atoms with Crippen molar-refractivity contribution in [2.75, 3.05) is 0 Å². The summed E-state index contributed by atoms with van der Waals surface area (Å²) in [6.45, 7) is 0. The van der Waals surface area contributed by atoms with E-state index in [0.717, 1.165) is 25.7 Å². The predicted octanol–water partition coefficient (Wildman–Crippen LogP) is 2.69. The highest BCUT2D eigenvalue weighted by Gasteiger charge is 2.64. The molecule has 0 amide bonds. The summed E-state index contributed by atoms with van der Waals surface area (Å²) in [4.78, 5) is 11.4. The molecule has 2 aliphatic carbocycles. The molecule has 0 radical (unpaired) electrons. The van der Waals surface area contributed by atoms with Gasteiger partial charge in [-0.3, -0.25) is 4.79 Å². The molecule has 3 heteroatoms. The topological polar surface area (TPSA) is 63.3 Å². The van der Waals surface area contributed by atoms with Crippen LogP contribution in [0.4, 0.5) is 0 Å². The first kappa shape index (κ1) is 12.7. The highest BCUT2D eigenvalue weighted by molar-refractivity contribution is 5.75. The molecule has 3 nitrogen and oxygen atoms in total. The molecule has 2 saturated carbocycles. The molecule has 2 aliphatic rings. The Bertz CT molecular complexity index is 473. The maximum absolute atomic E-state index is 11.4. The largest absolute Gasteiger partial charge is 0.480 e. The molecule has 3 N–H and O–H groups in total. The first-order valence-corrected chi connectivity index (χ1v) is 7.16. The summed E-state index contributed by atoms with van der Waals surface area (Å²) in [7, 11) is 0. The zero-order valence-electron chi connectivity index (χ0n) is 11.1. The fourth-order valence-electron chi connectivity index (χ4n) is 4.27. The van der Waals surface area contributed by atoms with Crippen LogP contribution in [-0.2, 0) is 10.2 Å². The Morgan fingerprint density at radius 3 is 2.16 bits per heavy atom. The number of benzene rings is 1. The van der Waals surface area contributed by atoms with Gasteiger partial charge in [0.1, 0.15) is 6.04 Å². The Labute approximate surface area is 113 Å². The van der Waals surface area contributed by atoms with Crippen LogP contribution in [0.15, 0.2) is 30.3 Å². The van der Waals surface area contributed by atoms with Gasteiger partial charge >= 0.3 is 5.97 Å². The summed E-state index contributed by atoms with van der Waals surface area (Å²) >= 11 is 0. The van der Waals surface area contributed by atoms with Crippen LogP contribution in [0.1, 0.15) is 44.1 Å². The van der Waals surface area contributed by atoms with Gasteiger partial charge in [0.2, 0.25) is 0 Å². The highest BCUT2D eigenvalue weighted by atomic mass is 16.4. The van der Waals surface area contributed by atoms with Gasteiger partial charge in [-0.25, -0.2) is 0 Å². The van der Waals surface area contributed by atoms with E-state index >= 15 is 0 Å². The number of rotatable bonds is 4. The lowest BCUT2D eigenvalue weighted by Gasteiger charge is -2.41. The molecule has 1 aromatic rings. The quantitative estimate of drug-likeness (QED) is 0.873. The van der Waals surface area contributed by atoms with E-state index in [0.29, 0.717) is 0 Å². The van der Waals surface area contributed by atoms with Crippen molar-refractivity contribution in [3.8, 4) is 0 Å². The molecule has 0 aromatic heterocycles. The van der Waals surface area contributed by atoms with Crippen molar-refractivity contribution < 1.29 is 9.90 Å². The average molecular weight is 259 g/mol. The zero-order valence-corrected chi connectivity index (χ0v) is 11.1. The maximum atomic E-state index is 11.4. The fourth-order valence-corrected chi connectivity index (χ4v) is 4.27. The van der Waals surface area contributed by atoms with Crippen LogP contribution in [0.2, 0.25) is 0 Å². The van der Waals surface area contributed by atoms with E-state index in [4.69, 9.17) is 5.73 Å². The SMILES string of the molecule is NC(C(=O)O)C1(C2(c3ccccc3)CCCC2)CC1. The van der Waals surface area contributed by atoms with E-state index < -0.39 is 12.0 Å². The molecule has 2 fully saturated rings. The molecule has 102 valence electrons. The van der Waals surface area contributed by atoms with E-state index in [1.165, 1.54) is 18.4 Å². The number of nitrogens with two attached hydrogens (primary N) is 1. The van der Waals surface area contributed by atoms with Crippen LogP contribution in [0.5, 0.6) is 0 Å². The molecule has 0 heterocycles. The van der Waals surface area contributed by atoms with Crippen molar-refractivity contribution >= 4 is 5.97 Å². The first-order valence-electron chi connectivity index (χ1n) is 7.16. The van der Waals surface area contributed by atoms with Gasteiger partial charge in [0, 0.05) is 10.8 Å². The summed E-state index contributed by atoms with van der Waals surface area (Å²) in [5.74, 6) is -0.847. The van der Waals surface area contributed by atoms with Crippen LogP contribution in [0.25, 0.3) is 0 Å².